The van der Waals surface area contributed by atoms with Gasteiger partial charge >= 0.3 is 0 Å². The molecule has 17 heavy (non-hydrogen) atoms. The van der Waals surface area contributed by atoms with E-state index in [2.05, 4.69) is 10.7 Å². The minimum atomic E-state index is -0.0511. The molecule has 2 rings (SSSR count). The highest BCUT2D eigenvalue weighted by Crippen LogP contribution is 2.25. The summed E-state index contributed by atoms with van der Waals surface area (Å²) in [6.07, 6.45) is 3.76. The first-order valence-corrected chi connectivity index (χ1v) is 6.06. The summed E-state index contributed by atoms with van der Waals surface area (Å²) in [7, 11) is 0. The summed E-state index contributed by atoms with van der Waals surface area (Å²) in [5.74, 6) is 6.04. The van der Waals surface area contributed by atoms with Crippen LogP contribution in [0.4, 0.5) is 5.69 Å². The molecule has 1 saturated carbocycles. The summed E-state index contributed by atoms with van der Waals surface area (Å²) in [5, 5.41) is 2.96. The lowest BCUT2D eigenvalue weighted by atomic mass is 9.85. The van der Waals surface area contributed by atoms with Crippen molar-refractivity contribution in [3.8, 4) is 0 Å². The van der Waals surface area contributed by atoms with E-state index in [1.54, 1.807) is 6.07 Å². The Morgan fingerprint density at radius 3 is 2.82 bits per heavy atom. The molecule has 0 aliphatic heterocycles. The molecular weight excluding hydrogens is 214 g/mol. The van der Waals surface area contributed by atoms with Gasteiger partial charge in [-0.05, 0) is 43.4 Å². The monoisotopic (exact) mass is 233 g/mol. The van der Waals surface area contributed by atoms with E-state index in [1.807, 2.05) is 19.1 Å². The summed E-state index contributed by atoms with van der Waals surface area (Å²) in [4.78, 5) is 12.0. The van der Waals surface area contributed by atoms with Crippen LogP contribution in [0, 0.1) is 12.8 Å². The van der Waals surface area contributed by atoms with Gasteiger partial charge in [-0.1, -0.05) is 12.5 Å². The first-order chi connectivity index (χ1) is 8.20. The van der Waals surface area contributed by atoms with Crippen LogP contribution in [-0.2, 0) is 0 Å². The van der Waals surface area contributed by atoms with E-state index in [9.17, 15) is 4.79 Å². The Kier molecular flexibility index (Phi) is 3.64. The van der Waals surface area contributed by atoms with Crippen LogP contribution < -0.4 is 16.6 Å². The Hall–Kier alpha value is -1.55. The predicted octanol–water partition coefficient (Wildman–Crippen LogP) is 1.81. The molecule has 92 valence electrons. The maximum atomic E-state index is 12.0. The number of hydrogen-bond acceptors (Lipinski definition) is 3. The molecule has 0 radical (unpaired) electrons. The molecule has 0 aromatic heterocycles. The quantitative estimate of drug-likeness (QED) is 0.549. The van der Waals surface area contributed by atoms with E-state index < -0.39 is 0 Å². The zero-order valence-corrected chi connectivity index (χ0v) is 10.1. The second-order valence-electron chi connectivity index (χ2n) is 4.70. The van der Waals surface area contributed by atoms with E-state index in [-0.39, 0.29) is 5.91 Å². The maximum absolute atomic E-state index is 12.0. The molecule has 1 fully saturated rings. The number of carbonyl (C=O) groups excluding carboxylic acids is 1. The van der Waals surface area contributed by atoms with Crippen molar-refractivity contribution < 1.29 is 4.79 Å². The Labute approximate surface area is 102 Å². The van der Waals surface area contributed by atoms with Crippen molar-refractivity contribution in [1.29, 1.82) is 0 Å². The van der Waals surface area contributed by atoms with Gasteiger partial charge in [0.2, 0.25) is 0 Å². The molecule has 0 unspecified atom stereocenters. The van der Waals surface area contributed by atoms with Crippen molar-refractivity contribution in [2.75, 3.05) is 12.0 Å². The average Bonchev–Trinajstić information content (AvgIpc) is 2.26. The maximum Gasteiger partial charge on any atom is 0.253 e. The Morgan fingerprint density at radius 2 is 2.24 bits per heavy atom. The molecule has 0 heterocycles. The fourth-order valence-electron chi connectivity index (χ4n) is 2.00. The standard InChI is InChI=1S/C13H19N3O/c1-9-5-6-11(12(7-9)16-14)13(17)15-8-10-3-2-4-10/h5-7,10,16H,2-4,8,14H2,1H3,(H,15,17). The number of hydrazine groups is 1. The first-order valence-electron chi connectivity index (χ1n) is 6.06. The summed E-state index contributed by atoms with van der Waals surface area (Å²) < 4.78 is 0. The van der Waals surface area contributed by atoms with Crippen LogP contribution in [0.3, 0.4) is 0 Å². The van der Waals surface area contributed by atoms with Gasteiger partial charge in [0.1, 0.15) is 0 Å². The number of nitrogen functional groups attached to an aromatic ring is 1. The average molecular weight is 233 g/mol. The van der Waals surface area contributed by atoms with Gasteiger partial charge in [-0.2, -0.15) is 0 Å². The first kappa shape index (κ1) is 11.9. The molecule has 0 atom stereocenters. The second-order valence-corrected chi connectivity index (χ2v) is 4.70. The number of rotatable bonds is 4. The molecule has 0 saturated heterocycles. The number of nitrogens with two attached hydrogens (primary N) is 1. The van der Waals surface area contributed by atoms with E-state index in [0.29, 0.717) is 17.2 Å². The van der Waals surface area contributed by atoms with Crippen LogP contribution in [0.15, 0.2) is 18.2 Å². The highest BCUT2D eigenvalue weighted by Gasteiger charge is 2.19. The number of hydrogen-bond donors (Lipinski definition) is 3. The summed E-state index contributed by atoms with van der Waals surface area (Å²) in [6, 6.07) is 5.60. The molecular formula is C13H19N3O. The van der Waals surface area contributed by atoms with Gasteiger partial charge in [0.15, 0.2) is 0 Å². The summed E-state index contributed by atoms with van der Waals surface area (Å²) >= 11 is 0. The van der Waals surface area contributed by atoms with Gasteiger partial charge < -0.3 is 10.7 Å². The highest BCUT2D eigenvalue weighted by atomic mass is 16.1. The third-order valence-electron chi connectivity index (χ3n) is 3.35. The summed E-state index contributed by atoms with van der Waals surface area (Å²) in [5.41, 5.74) is 4.94. The van der Waals surface area contributed by atoms with E-state index in [1.165, 1.54) is 19.3 Å². The smallest absolute Gasteiger partial charge is 0.253 e. The van der Waals surface area contributed by atoms with Gasteiger partial charge in [-0.25, -0.2) is 0 Å². The number of anilines is 1. The normalized spacial score (nSPS) is 15.2. The van der Waals surface area contributed by atoms with Crippen LogP contribution in [-0.4, -0.2) is 12.5 Å². The van der Waals surface area contributed by atoms with Crippen molar-refractivity contribution in [3.63, 3.8) is 0 Å². The largest absolute Gasteiger partial charge is 0.352 e. The van der Waals surface area contributed by atoms with E-state index in [4.69, 9.17) is 5.84 Å². The lowest BCUT2D eigenvalue weighted by molar-refractivity contribution is 0.0940. The molecule has 0 bridgehead atoms. The van der Waals surface area contributed by atoms with Crippen LogP contribution in [0.5, 0.6) is 0 Å². The third-order valence-corrected chi connectivity index (χ3v) is 3.35. The van der Waals surface area contributed by atoms with Crippen LogP contribution in [0.25, 0.3) is 0 Å². The van der Waals surface area contributed by atoms with Crippen molar-refractivity contribution in [3.05, 3.63) is 29.3 Å². The molecule has 0 spiro atoms. The van der Waals surface area contributed by atoms with Crippen LogP contribution >= 0.6 is 0 Å². The molecule has 4 nitrogen and oxygen atoms in total. The number of carbonyl (C=O) groups is 1. The van der Waals surface area contributed by atoms with E-state index >= 15 is 0 Å². The minimum absolute atomic E-state index is 0.0511. The second kappa shape index (κ2) is 5.19. The van der Waals surface area contributed by atoms with Gasteiger partial charge in [0.25, 0.3) is 5.91 Å². The molecule has 1 aliphatic rings. The van der Waals surface area contributed by atoms with Gasteiger partial charge in [0, 0.05) is 6.54 Å². The minimum Gasteiger partial charge on any atom is -0.352 e. The lowest BCUT2D eigenvalue weighted by Gasteiger charge is -2.25. The molecule has 1 aromatic rings. The number of amides is 1. The van der Waals surface area contributed by atoms with Gasteiger partial charge in [-0.15, -0.1) is 0 Å². The van der Waals surface area contributed by atoms with Crippen LogP contribution in [0.2, 0.25) is 0 Å². The lowest BCUT2D eigenvalue weighted by Crippen LogP contribution is -2.32. The van der Waals surface area contributed by atoms with Crippen molar-refractivity contribution in [2.24, 2.45) is 11.8 Å². The zero-order chi connectivity index (χ0) is 12.3. The SMILES string of the molecule is Cc1ccc(C(=O)NCC2CCC2)c(NN)c1. The molecule has 4 heteroatoms. The van der Waals surface area contributed by atoms with E-state index in [0.717, 1.165) is 12.1 Å². The van der Waals surface area contributed by atoms with Crippen molar-refractivity contribution in [2.45, 2.75) is 26.2 Å². The van der Waals surface area contributed by atoms with Crippen LogP contribution in [0.1, 0.15) is 35.2 Å². The third kappa shape index (κ3) is 2.77. The van der Waals surface area contributed by atoms with Gasteiger partial charge in [0.05, 0.1) is 11.3 Å². The fraction of sp³-hybridized carbons (Fsp3) is 0.462. The zero-order valence-electron chi connectivity index (χ0n) is 10.1. The highest BCUT2D eigenvalue weighted by molar-refractivity contribution is 5.99. The number of benzene rings is 1. The number of aryl methyl sites for hydroxylation is 1. The summed E-state index contributed by atoms with van der Waals surface area (Å²) in [6.45, 7) is 2.74. The topological polar surface area (TPSA) is 67.2 Å². The Balaban J connectivity index is 2.01. The molecule has 1 aromatic carbocycles. The van der Waals surface area contributed by atoms with Crippen molar-refractivity contribution >= 4 is 11.6 Å². The fourth-order valence-corrected chi connectivity index (χ4v) is 2.00. The predicted molar refractivity (Wildman–Crippen MR) is 68.7 cm³/mol. The van der Waals surface area contributed by atoms with Crippen molar-refractivity contribution in [1.82, 2.24) is 5.32 Å². The Bertz CT molecular complexity index is 413. The molecule has 1 aliphatic carbocycles. The van der Waals surface area contributed by atoms with Gasteiger partial charge in [-0.3, -0.25) is 10.6 Å². The number of nitrogens with one attached hydrogen (secondary N) is 2. The molecule has 4 N–H and O–H groups in total. The Morgan fingerprint density at radius 1 is 1.47 bits per heavy atom. The molecule has 1 amide bonds.